The second-order valence-electron chi connectivity index (χ2n) is 7.13. The van der Waals surface area contributed by atoms with Crippen molar-refractivity contribution < 1.29 is 22.0 Å². The summed E-state index contributed by atoms with van der Waals surface area (Å²) in [4.78, 5) is 6.20. The fraction of sp³-hybridized carbons (Fsp3) is 0.273. The van der Waals surface area contributed by atoms with Gasteiger partial charge in [-0.05, 0) is 24.3 Å². The molecule has 0 saturated heterocycles. The second kappa shape index (κ2) is 9.04. The molecule has 28 heavy (non-hydrogen) atoms. The summed E-state index contributed by atoms with van der Waals surface area (Å²) in [7, 11) is 4.31. The van der Waals surface area contributed by atoms with Gasteiger partial charge in [-0.3, -0.25) is 9.67 Å². The van der Waals surface area contributed by atoms with Gasteiger partial charge in [0.05, 0.1) is 55.9 Å². The van der Waals surface area contributed by atoms with Crippen LogP contribution in [0, 0.1) is 0 Å². The second-order valence-corrected chi connectivity index (χ2v) is 7.13. The van der Waals surface area contributed by atoms with Crippen LogP contribution < -0.4 is 22.0 Å². The molecule has 4 aromatic rings. The van der Waals surface area contributed by atoms with Gasteiger partial charge < -0.3 is 22.0 Å². The normalized spacial score (nSPS) is 11.1. The fourth-order valence-corrected chi connectivity index (χ4v) is 3.27. The summed E-state index contributed by atoms with van der Waals surface area (Å²) in [6, 6.07) is 20.6. The minimum atomic E-state index is 0. The first kappa shape index (κ1) is 20.1. The van der Waals surface area contributed by atoms with Crippen molar-refractivity contribution in [1.82, 2.24) is 14.8 Å². The van der Waals surface area contributed by atoms with Crippen molar-refractivity contribution in [3.05, 3.63) is 66.4 Å². The standard InChI is InChI=1S/C22H24N4O.ClH/c1-25(2)14-7-15-27-22-19-9-4-6-11-21(19)26(24-22)16-18-13-12-17-8-3-5-10-20(17)23-18;/h3-6,8-13H,7,14-16H2,1-2H3;1H. The molecule has 0 atom stereocenters. The van der Waals surface area contributed by atoms with Crippen LogP contribution in [0.3, 0.4) is 0 Å². The highest BCUT2D eigenvalue weighted by atomic mass is 35.5. The van der Waals surface area contributed by atoms with Crippen molar-refractivity contribution in [2.75, 3.05) is 27.2 Å². The van der Waals surface area contributed by atoms with Crippen LogP contribution in [-0.4, -0.2) is 42.0 Å². The average Bonchev–Trinajstić information content (AvgIpc) is 3.03. The number of aromatic nitrogens is 3. The van der Waals surface area contributed by atoms with Crippen molar-refractivity contribution in [1.29, 1.82) is 0 Å². The summed E-state index contributed by atoms with van der Waals surface area (Å²) in [5, 5.41) is 6.93. The zero-order chi connectivity index (χ0) is 18.6. The fourth-order valence-electron chi connectivity index (χ4n) is 3.27. The Morgan fingerprint density at radius 2 is 1.75 bits per heavy atom. The van der Waals surface area contributed by atoms with Crippen molar-refractivity contribution >= 4 is 21.8 Å². The number of quaternary nitrogens is 1. The van der Waals surface area contributed by atoms with Crippen LogP contribution in [0.15, 0.2) is 60.7 Å². The number of hydrogen-bond donors (Lipinski definition) is 1. The third-order valence-corrected chi connectivity index (χ3v) is 4.65. The van der Waals surface area contributed by atoms with E-state index in [1.165, 1.54) is 4.90 Å². The van der Waals surface area contributed by atoms with E-state index in [0.717, 1.165) is 40.5 Å². The van der Waals surface area contributed by atoms with Crippen LogP contribution in [0.1, 0.15) is 12.1 Å². The van der Waals surface area contributed by atoms with Crippen LogP contribution >= 0.6 is 0 Å². The van der Waals surface area contributed by atoms with Crippen LogP contribution in [0.2, 0.25) is 0 Å². The van der Waals surface area contributed by atoms with E-state index < -0.39 is 0 Å². The van der Waals surface area contributed by atoms with Gasteiger partial charge in [-0.1, -0.05) is 36.4 Å². The van der Waals surface area contributed by atoms with Gasteiger partial charge in [0, 0.05) is 11.8 Å². The number of pyridine rings is 1. The number of halogens is 1. The van der Waals surface area contributed by atoms with E-state index in [2.05, 4.69) is 44.4 Å². The summed E-state index contributed by atoms with van der Waals surface area (Å²) in [5.74, 6) is 0.708. The molecule has 0 aliphatic heterocycles. The Balaban J connectivity index is 0.00000225. The van der Waals surface area contributed by atoms with Gasteiger partial charge in [0.25, 0.3) is 0 Å². The Bertz CT molecular complexity index is 1060. The topological polar surface area (TPSA) is 44.4 Å². The lowest BCUT2D eigenvalue weighted by molar-refractivity contribution is -0.858. The Morgan fingerprint density at radius 1 is 0.964 bits per heavy atom. The molecule has 4 rings (SSSR count). The molecule has 2 aromatic heterocycles. The summed E-state index contributed by atoms with van der Waals surface area (Å²) in [5.41, 5.74) is 3.07. The summed E-state index contributed by atoms with van der Waals surface area (Å²) >= 11 is 0. The molecular formula is C22H25ClN4O. The molecule has 0 amide bonds. The van der Waals surface area contributed by atoms with Crippen molar-refractivity contribution in [3.8, 4) is 5.88 Å². The minimum Gasteiger partial charge on any atom is -1.00 e. The largest absolute Gasteiger partial charge is 1.00 e. The predicted molar refractivity (Wildman–Crippen MR) is 108 cm³/mol. The molecule has 2 heterocycles. The monoisotopic (exact) mass is 396 g/mol. The highest BCUT2D eigenvalue weighted by Gasteiger charge is 2.12. The van der Waals surface area contributed by atoms with E-state index in [-0.39, 0.29) is 12.4 Å². The van der Waals surface area contributed by atoms with Gasteiger partial charge >= 0.3 is 0 Å². The molecule has 5 nitrogen and oxygen atoms in total. The number of ether oxygens (including phenoxy) is 1. The number of para-hydroxylation sites is 2. The first-order chi connectivity index (χ1) is 13.2. The molecular weight excluding hydrogens is 372 g/mol. The summed E-state index contributed by atoms with van der Waals surface area (Å²) < 4.78 is 7.98. The number of nitrogens with zero attached hydrogens (tertiary/aromatic N) is 3. The quantitative estimate of drug-likeness (QED) is 0.430. The van der Waals surface area contributed by atoms with E-state index >= 15 is 0 Å². The number of fused-ring (bicyclic) bond motifs is 2. The van der Waals surface area contributed by atoms with Gasteiger partial charge in [-0.15, -0.1) is 5.10 Å². The molecule has 1 N–H and O–H groups in total. The van der Waals surface area contributed by atoms with Gasteiger partial charge in [0.15, 0.2) is 0 Å². The Labute approximate surface area is 171 Å². The van der Waals surface area contributed by atoms with Gasteiger partial charge in [-0.2, -0.15) is 0 Å². The van der Waals surface area contributed by atoms with Gasteiger partial charge in [0.1, 0.15) is 0 Å². The number of benzene rings is 2. The Morgan fingerprint density at radius 3 is 2.61 bits per heavy atom. The molecule has 0 aliphatic carbocycles. The molecule has 0 saturated carbocycles. The lowest BCUT2D eigenvalue weighted by Gasteiger charge is -2.07. The zero-order valence-corrected chi connectivity index (χ0v) is 17.0. The molecule has 2 aromatic carbocycles. The van der Waals surface area contributed by atoms with Crippen molar-refractivity contribution in [3.63, 3.8) is 0 Å². The van der Waals surface area contributed by atoms with Crippen molar-refractivity contribution in [2.45, 2.75) is 13.0 Å². The van der Waals surface area contributed by atoms with E-state index in [4.69, 9.17) is 14.8 Å². The third-order valence-electron chi connectivity index (χ3n) is 4.65. The Kier molecular flexibility index (Phi) is 6.49. The molecule has 0 bridgehead atoms. The van der Waals surface area contributed by atoms with E-state index in [1.54, 1.807) is 0 Å². The highest BCUT2D eigenvalue weighted by molar-refractivity contribution is 5.84. The minimum absolute atomic E-state index is 0. The predicted octanol–water partition coefficient (Wildman–Crippen LogP) is -0.450. The number of rotatable bonds is 7. The first-order valence-electron chi connectivity index (χ1n) is 9.43. The number of hydrogen-bond acceptors (Lipinski definition) is 3. The maximum absolute atomic E-state index is 5.99. The lowest BCUT2D eigenvalue weighted by Crippen LogP contribution is -3.05. The molecule has 0 fully saturated rings. The molecule has 6 heteroatoms. The maximum Gasteiger partial charge on any atom is 0.240 e. The summed E-state index contributed by atoms with van der Waals surface area (Å²) in [6.45, 7) is 2.39. The third kappa shape index (κ3) is 4.43. The van der Waals surface area contributed by atoms with Crippen molar-refractivity contribution in [2.24, 2.45) is 0 Å². The van der Waals surface area contributed by atoms with Crippen LogP contribution in [-0.2, 0) is 6.54 Å². The Hall–Kier alpha value is -2.63. The lowest BCUT2D eigenvalue weighted by atomic mass is 10.2. The molecule has 0 aliphatic rings. The highest BCUT2D eigenvalue weighted by Crippen LogP contribution is 2.25. The number of nitrogens with one attached hydrogen (secondary N) is 1. The molecule has 146 valence electrons. The summed E-state index contributed by atoms with van der Waals surface area (Å²) in [6.07, 6.45) is 1.01. The van der Waals surface area contributed by atoms with E-state index in [0.29, 0.717) is 19.0 Å². The molecule has 0 radical (unpaired) electrons. The van der Waals surface area contributed by atoms with E-state index in [9.17, 15) is 0 Å². The maximum atomic E-state index is 5.99. The van der Waals surface area contributed by atoms with Gasteiger partial charge in [0.2, 0.25) is 5.88 Å². The average molecular weight is 397 g/mol. The van der Waals surface area contributed by atoms with Crippen LogP contribution in [0.4, 0.5) is 0 Å². The SMILES string of the molecule is C[NH+](C)CCCOc1nn(Cc2ccc3ccccc3n2)c2ccccc12.[Cl-]. The zero-order valence-electron chi connectivity index (χ0n) is 16.2. The first-order valence-corrected chi connectivity index (χ1v) is 9.43. The van der Waals surface area contributed by atoms with Gasteiger partial charge in [-0.25, -0.2) is 0 Å². The molecule has 0 unspecified atom stereocenters. The van der Waals surface area contributed by atoms with Crippen LogP contribution in [0.25, 0.3) is 21.8 Å². The van der Waals surface area contributed by atoms with Crippen LogP contribution in [0.5, 0.6) is 5.88 Å². The molecule has 0 spiro atoms. The van der Waals surface area contributed by atoms with E-state index in [1.807, 2.05) is 35.0 Å². The smallest absolute Gasteiger partial charge is 0.240 e.